The van der Waals surface area contributed by atoms with Gasteiger partial charge in [-0.15, -0.1) is 0 Å². The van der Waals surface area contributed by atoms with Gasteiger partial charge in [-0.2, -0.15) is 0 Å². The summed E-state index contributed by atoms with van der Waals surface area (Å²) in [5, 5.41) is 2.72. The number of carbonyl (C=O) groups is 2. The van der Waals surface area contributed by atoms with Crippen LogP contribution in [-0.2, 0) is 9.59 Å². The van der Waals surface area contributed by atoms with Crippen molar-refractivity contribution >= 4 is 17.9 Å². The molecule has 2 aliphatic rings. The zero-order chi connectivity index (χ0) is 22.9. The molecule has 0 aromatic heterocycles. The molecule has 6 nitrogen and oxygen atoms in total. The fourth-order valence-corrected chi connectivity index (χ4v) is 5.10. The van der Waals surface area contributed by atoms with Crippen molar-refractivity contribution in [3.8, 4) is 5.75 Å². The smallest absolute Gasteiger partial charge is 0.244 e. The Bertz CT molecular complexity index is 786. The average Bonchev–Trinajstić information content (AvgIpc) is 2.82. The normalized spacial score (nSPS) is 22.3. The van der Waals surface area contributed by atoms with Gasteiger partial charge in [0.05, 0.1) is 13.2 Å². The van der Waals surface area contributed by atoms with E-state index in [0.717, 1.165) is 43.2 Å². The quantitative estimate of drug-likeness (QED) is 0.625. The van der Waals surface area contributed by atoms with E-state index in [1.807, 2.05) is 36.1 Å². The molecule has 0 bridgehead atoms. The molecule has 2 fully saturated rings. The van der Waals surface area contributed by atoms with Crippen LogP contribution in [0.25, 0.3) is 6.08 Å². The highest BCUT2D eigenvalue weighted by atomic mass is 16.5. The molecule has 0 spiro atoms. The van der Waals surface area contributed by atoms with Crippen LogP contribution in [0.1, 0.15) is 57.9 Å². The second kappa shape index (κ2) is 12.0. The van der Waals surface area contributed by atoms with Crippen molar-refractivity contribution in [1.82, 2.24) is 15.1 Å². The number of hydrogen-bond acceptors (Lipinski definition) is 4. The molecule has 2 amide bonds. The molecule has 3 rings (SSSR count). The van der Waals surface area contributed by atoms with E-state index in [2.05, 4.69) is 24.2 Å². The molecule has 176 valence electrons. The Morgan fingerprint density at radius 1 is 1.16 bits per heavy atom. The summed E-state index contributed by atoms with van der Waals surface area (Å²) in [6.45, 7) is 6.45. The van der Waals surface area contributed by atoms with Gasteiger partial charge in [0.15, 0.2) is 0 Å². The minimum Gasteiger partial charge on any atom is -0.493 e. The summed E-state index contributed by atoms with van der Waals surface area (Å²) in [5.74, 6) is 1.22. The first kappa shape index (κ1) is 24.3. The SMILES string of the molecule is CCOc1ccccc1/C=C/C(=O)NCC(=O)N1CCC(N(C)[C@@H]2CCCC[C@@H]2C)CC1. The first-order chi connectivity index (χ1) is 15.5. The van der Waals surface area contributed by atoms with Crippen LogP contribution in [0.5, 0.6) is 5.75 Å². The first-order valence-corrected chi connectivity index (χ1v) is 12.2. The van der Waals surface area contributed by atoms with Gasteiger partial charge in [-0.05, 0) is 57.7 Å². The van der Waals surface area contributed by atoms with Crippen molar-refractivity contribution < 1.29 is 14.3 Å². The van der Waals surface area contributed by atoms with Crippen molar-refractivity contribution in [1.29, 1.82) is 0 Å². The highest BCUT2D eigenvalue weighted by Crippen LogP contribution is 2.30. The van der Waals surface area contributed by atoms with Crippen LogP contribution in [0.2, 0.25) is 0 Å². The highest BCUT2D eigenvalue weighted by molar-refractivity contribution is 5.94. The maximum Gasteiger partial charge on any atom is 0.244 e. The predicted molar refractivity (Wildman–Crippen MR) is 128 cm³/mol. The van der Waals surface area contributed by atoms with E-state index in [-0.39, 0.29) is 18.4 Å². The lowest BCUT2D eigenvalue weighted by Gasteiger charge is -2.44. The molecule has 1 aromatic rings. The van der Waals surface area contributed by atoms with E-state index in [9.17, 15) is 9.59 Å². The molecular formula is C26H39N3O3. The second-order valence-electron chi connectivity index (χ2n) is 9.13. The fourth-order valence-electron chi connectivity index (χ4n) is 5.10. The fraction of sp³-hybridized carbons (Fsp3) is 0.615. The summed E-state index contributed by atoms with van der Waals surface area (Å²) in [4.78, 5) is 29.3. The van der Waals surface area contributed by atoms with Crippen LogP contribution in [0.3, 0.4) is 0 Å². The second-order valence-corrected chi connectivity index (χ2v) is 9.13. The molecular weight excluding hydrogens is 402 g/mol. The van der Waals surface area contributed by atoms with Gasteiger partial charge < -0.3 is 19.9 Å². The largest absolute Gasteiger partial charge is 0.493 e. The van der Waals surface area contributed by atoms with Gasteiger partial charge in [0.2, 0.25) is 11.8 Å². The predicted octanol–water partition coefficient (Wildman–Crippen LogP) is 3.72. The average molecular weight is 442 g/mol. The van der Waals surface area contributed by atoms with Crippen molar-refractivity contribution in [2.24, 2.45) is 5.92 Å². The lowest BCUT2D eigenvalue weighted by atomic mass is 9.84. The van der Waals surface area contributed by atoms with Crippen LogP contribution >= 0.6 is 0 Å². The number of hydrogen-bond donors (Lipinski definition) is 1. The van der Waals surface area contributed by atoms with Gasteiger partial charge in [-0.25, -0.2) is 0 Å². The molecule has 1 aliphatic heterocycles. The van der Waals surface area contributed by atoms with E-state index in [1.54, 1.807) is 6.08 Å². The van der Waals surface area contributed by atoms with Gasteiger partial charge >= 0.3 is 0 Å². The van der Waals surface area contributed by atoms with Crippen molar-refractivity contribution in [2.45, 2.75) is 64.5 Å². The minimum atomic E-state index is -0.273. The van der Waals surface area contributed by atoms with E-state index >= 15 is 0 Å². The van der Waals surface area contributed by atoms with Gasteiger partial charge in [0, 0.05) is 36.8 Å². The molecule has 32 heavy (non-hydrogen) atoms. The Kier molecular flexibility index (Phi) is 9.15. The van der Waals surface area contributed by atoms with Crippen LogP contribution in [-0.4, -0.2) is 67.0 Å². The summed E-state index contributed by atoms with van der Waals surface area (Å²) in [6, 6.07) is 8.80. The molecule has 1 N–H and O–H groups in total. The standard InChI is InChI=1S/C26H39N3O3/c1-4-32-24-12-8-6-10-21(24)13-14-25(30)27-19-26(31)29-17-15-22(16-18-29)28(3)23-11-7-5-9-20(23)2/h6,8,10,12-14,20,22-23H,4-5,7,9,11,15-19H2,1-3H3,(H,27,30)/b14-13+/t20-,23+/m0/s1. The zero-order valence-electron chi connectivity index (χ0n) is 19.9. The number of ether oxygens (including phenoxy) is 1. The molecule has 6 heteroatoms. The third-order valence-corrected chi connectivity index (χ3v) is 7.03. The first-order valence-electron chi connectivity index (χ1n) is 12.2. The van der Waals surface area contributed by atoms with E-state index in [4.69, 9.17) is 4.74 Å². The topological polar surface area (TPSA) is 61.9 Å². The number of benzene rings is 1. The molecule has 0 radical (unpaired) electrons. The molecule has 1 saturated heterocycles. The van der Waals surface area contributed by atoms with E-state index in [1.165, 1.54) is 31.8 Å². The Morgan fingerprint density at radius 3 is 2.59 bits per heavy atom. The molecule has 1 aromatic carbocycles. The van der Waals surface area contributed by atoms with Gasteiger partial charge in [0.25, 0.3) is 0 Å². The van der Waals surface area contributed by atoms with Crippen molar-refractivity contribution in [3.05, 3.63) is 35.9 Å². The van der Waals surface area contributed by atoms with Crippen LogP contribution in [0.4, 0.5) is 0 Å². The molecule has 1 heterocycles. The summed E-state index contributed by atoms with van der Waals surface area (Å²) in [6.07, 6.45) is 10.5. The van der Waals surface area contributed by atoms with Gasteiger partial charge in [-0.3, -0.25) is 9.59 Å². The molecule has 1 saturated carbocycles. The molecule has 1 aliphatic carbocycles. The lowest BCUT2D eigenvalue weighted by Crippen LogP contribution is -2.51. The Hall–Kier alpha value is -2.34. The maximum absolute atomic E-state index is 12.6. The Labute approximate surface area is 193 Å². The summed E-state index contributed by atoms with van der Waals surface area (Å²) in [5.41, 5.74) is 0.842. The Balaban J connectivity index is 1.42. The summed E-state index contributed by atoms with van der Waals surface area (Å²) < 4.78 is 5.57. The monoisotopic (exact) mass is 441 g/mol. The molecule has 0 unspecified atom stereocenters. The highest BCUT2D eigenvalue weighted by Gasteiger charge is 2.32. The minimum absolute atomic E-state index is 0.00592. The van der Waals surface area contributed by atoms with Gasteiger partial charge in [-0.1, -0.05) is 38.0 Å². The number of rotatable bonds is 8. The number of piperidine rings is 1. The van der Waals surface area contributed by atoms with Gasteiger partial charge in [0.1, 0.15) is 5.75 Å². The maximum atomic E-state index is 12.6. The Morgan fingerprint density at radius 2 is 1.88 bits per heavy atom. The van der Waals surface area contributed by atoms with Crippen molar-refractivity contribution in [2.75, 3.05) is 33.3 Å². The lowest BCUT2D eigenvalue weighted by molar-refractivity contribution is -0.133. The summed E-state index contributed by atoms with van der Waals surface area (Å²) in [7, 11) is 2.27. The number of para-hydroxylation sites is 1. The number of carbonyl (C=O) groups excluding carboxylic acids is 2. The van der Waals surface area contributed by atoms with Crippen LogP contribution in [0, 0.1) is 5.92 Å². The number of likely N-dealkylation sites (tertiary alicyclic amines) is 1. The van der Waals surface area contributed by atoms with Crippen LogP contribution < -0.4 is 10.1 Å². The third-order valence-electron chi connectivity index (χ3n) is 7.03. The third kappa shape index (κ3) is 6.58. The molecule has 2 atom stereocenters. The number of amides is 2. The van der Waals surface area contributed by atoms with Crippen LogP contribution in [0.15, 0.2) is 30.3 Å². The van der Waals surface area contributed by atoms with E-state index in [0.29, 0.717) is 18.7 Å². The van der Waals surface area contributed by atoms with E-state index < -0.39 is 0 Å². The number of nitrogens with zero attached hydrogens (tertiary/aromatic N) is 2. The van der Waals surface area contributed by atoms with Crippen molar-refractivity contribution in [3.63, 3.8) is 0 Å². The number of nitrogens with one attached hydrogen (secondary N) is 1. The zero-order valence-corrected chi connectivity index (χ0v) is 19.9. The summed E-state index contributed by atoms with van der Waals surface area (Å²) >= 11 is 0.